The van der Waals surface area contributed by atoms with Crippen LogP contribution in [0.5, 0.6) is 0 Å². The number of anilines is 1. The third kappa shape index (κ3) is 4.60. The lowest BCUT2D eigenvalue weighted by Crippen LogP contribution is -2.15. The van der Waals surface area contributed by atoms with E-state index < -0.39 is 0 Å². The van der Waals surface area contributed by atoms with Crippen molar-refractivity contribution in [2.45, 2.75) is 19.0 Å². The third-order valence-electron chi connectivity index (χ3n) is 4.61. The Hall–Kier alpha value is -3.38. The molecule has 0 fully saturated rings. The normalized spacial score (nSPS) is 10.7. The summed E-state index contributed by atoms with van der Waals surface area (Å²) in [7, 11) is 0. The van der Waals surface area contributed by atoms with E-state index in [-0.39, 0.29) is 11.7 Å². The van der Waals surface area contributed by atoms with Crippen LogP contribution in [0.4, 0.5) is 5.69 Å². The molecule has 1 aromatic heterocycles. The molecular formula is C24H22N4OS. The van der Waals surface area contributed by atoms with E-state index in [1.165, 1.54) is 17.3 Å². The van der Waals surface area contributed by atoms with Gasteiger partial charge in [0.25, 0.3) is 0 Å². The number of aromatic nitrogens is 3. The highest BCUT2D eigenvalue weighted by Crippen LogP contribution is 2.25. The molecule has 0 unspecified atom stereocenters. The average molecular weight is 415 g/mol. The number of amides is 1. The molecular weight excluding hydrogens is 392 g/mol. The maximum absolute atomic E-state index is 12.5. The number of para-hydroxylation sites is 1. The summed E-state index contributed by atoms with van der Waals surface area (Å²) in [6, 6.07) is 25.8. The minimum Gasteiger partial charge on any atom is -0.325 e. The number of nitrogens with zero attached hydrogens (tertiary/aromatic N) is 3. The zero-order valence-corrected chi connectivity index (χ0v) is 17.7. The molecule has 0 bridgehead atoms. The summed E-state index contributed by atoms with van der Waals surface area (Å²) in [5.74, 6) is 0.906. The van der Waals surface area contributed by atoms with Gasteiger partial charge in [-0.25, -0.2) is 9.67 Å². The Labute approximate surface area is 180 Å². The molecule has 0 aliphatic heterocycles. The van der Waals surface area contributed by atoms with Gasteiger partial charge in [0.2, 0.25) is 11.1 Å². The van der Waals surface area contributed by atoms with Crippen molar-refractivity contribution in [3.63, 3.8) is 0 Å². The Balaban J connectivity index is 1.53. The standard InChI is InChI=1S/C24H22N4OS/c1-17-13-14-21(18(2)15-17)25-22(29)16-30-24-26-23(19-9-5-3-6-10-19)28(27-24)20-11-7-4-8-12-20/h3-15H,16H2,1-2H3,(H,25,29). The van der Waals surface area contributed by atoms with Gasteiger partial charge in [-0.15, -0.1) is 5.10 Å². The minimum absolute atomic E-state index is 0.0794. The SMILES string of the molecule is Cc1ccc(NC(=O)CSc2nc(-c3ccccc3)n(-c3ccccc3)n2)c(C)c1. The van der Waals surface area contributed by atoms with Gasteiger partial charge in [0.15, 0.2) is 5.82 Å². The van der Waals surface area contributed by atoms with E-state index in [2.05, 4.69) is 16.5 Å². The highest BCUT2D eigenvalue weighted by molar-refractivity contribution is 7.99. The third-order valence-corrected chi connectivity index (χ3v) is 5.45. The molecule has 0 atom stereocenters. The van der Waals surface area contributed by atoms with Crippen molar-refractivity contribution < 1.29 is 4.79 Å². The molecule has 4 aromatic rings. The predicted octanol–water partition coefficient (Wildman–Crippen LogP) is 5.28. The van der Waals surface area contributed by atoms with Gasteiger partial charge in [-0.2, -0.15) is 0 Å². The van der Waals surface area contributed by atoms with Crippen LogP contribution in [0.1, 0.15) is 11.1 Å². The second-order valence-electron chi connectivity index (χ2n) is 6.99. The summed E-state index contributed by atoms with van der Waals surface area (Å²) in [6.07, 6.45) is 0. The molecule has 1 heterocycles. The van der Waals surface area contributed by atoms with E-state index in [1.807, 2.05) is 91.3 Å². The molecule has 5 nitrogen and oxygen atoms in total. The number of hydrogen-bond acceptors (Lipinski definition) is 4. The summed E-state index contributed by atoms with van der Waals surface area (Å²) < 4.78 is 1.82. The molecule has 150 valence electrons. The van der Waals surface area contributed by atoms with Crippen molar-refractivity contribution in [3.8, 4) is 17.1 Å². The minimum atomic E-state index is -0.0794. The number of hydrogen-bond donors (Lipinski definition) is 1. The Bertz CT molecular complexity index is 1100. The summed E-state index contributed by atoms with van der Waals surface area (Å²) in [5, 5.41) is 8.19. The summed E-state index contributed by atoms with van der Waals surface area (Å²) in [4.78, 5) is 17.2. The quantitative estimate of drug-likeness (QED) is 0.436. The smallest absolute Gasteiger partial charge is 0.234 e. The number of aryl methyl sites for hydroxylation is 2. The van der Waals surface area contributed by atoms with Gasteiger partial charge in [0, 0.05) is 11.3 Å². The summed E-state index contributed by atoms with van der Waals surface area (Å²) >= 11 is 1.33. The van der Waals surface area contributed by atoms with E-state index in [0.29, 0.717) is 5.16 Å². The van der Waals surface area contributed by atoms with Crippen molar-refractivity contribution in [1.82, 2.24) is 14.8 Å². The van der Waals surface area contributed by atoms with Gasteiger partial charge in [0.05, 0.1) is 11.4 Å². The van der Waals surface area contributed by atoms with Crippen LogP contribution in [0.15, 0.2) is 84.0 Å². The predicted molar refractivity (Wildman–Crippen MR) is 122 cm³/mol. The lowest BCUT2D eigenvalue weighted by atomic mass is 10.1. The number of carbonyl (C=O) groups is 1. The number of benzene rings is 3. The number of carbonyl (C=O) groups excluding carboxylic acids is 1. The van der Waals surface area contributed by atoms with Crippen LogP contribution in [-0.2, 0) is 4.79 Å². The molecule has 0 spiro atoms. The van der Waals surface area contributed by atoms with Gasteiger partial charge in [0.1, 0.15) is 0 Å². The monoisotopic (exact) mass is 414 g/mol. The Kier molecular flexibility index (Phi) is 5.95. The van der Waals surface area contributed by atoms with Crippen LogP contribution < -0.4 is 5.32 Å². The van der Waals surface area contributed by atoms with Crippen molar-refractivity contribution in [3.05, 3.63) is 90.0 Å². The van der Waals surface area contributed by atoms with Crippen LogP contribution in [0.2, 0.25) is 0 Å². The van der Waals surface area contributed by atoms with E-state index in [4.69, 9.17) is 4.98 Å². The summed E-state index contributed by atoms with van der Waals surface area (Å²) in [6.45, 7) is 4.03. The summed E-state index contributed by atoms with van der Waals surface area (Å²) in [5.41, 5.74) is 4.95. The van der Waals surface area contributed by atoms with E-state index >= 15 is 0 Å². The first-order chi connectivity index (χ1) is 14.6. The van der Waals surface area contributed by atoms with Gasteiger partial charge in [-0.1, -0.05) is 78.0 Å². The van der Waals surface area contributed by atoms with E-state index in [0.717, 1.165) is 28.3 Å². The lowest BCUT2D eigenvalue weighted by Gasteiger charge is -2.08. The first kappa shape index (κ1) is 19.9. The highest BCUT2D eigenvalue weighted by Gasteiger charge is 2.15. The molecule has 0 radical (unpaired) electrons. The fourth-order valence-corrected chi connectivity index (χ4v) is 3.77. The van der Waals surface area contributed by atoms with Crippen LogP contribution in [0.25, 0.3) is 17.1 Å². The van der Waals surface area contributed by atoms with Gasteiger partial charge >= 0.3 is 0 Å². The first-order valence-electron chi connectivity index (χ1n) is 9.68. The average Bonchev–Trinajstić information content (AvgIpc) is 3.20. The molecule has 0 saturated heterocycles. The fraction of sp³-hybridized carbons (Fsp3) is 0.125. The second kappa shape index (κ2) is 8.97. The van der Waals surface area contributed by atoms with Crippen molar-refractivity contribution in [2.24, 2.45) is 0 Å². The van der Waals surface area contributed by atoms with Crippen LogP contribution >= 0.6 is 11.8 Å². The van der Waals surface area contributed by atoms with Crippen LogP contribution in [0, 0.1) is 13.8 Å². The maximum atomic E-state index is 12.5. The van der Waals surface area contributed by atoms with Crippen LogP contribution in [-0.4, -0.2) is 26.4 Å². The Morgan fingerprint density at radius 3 is 2.37 bits per heavy atom. The van der Waals surface area contributed by atoms with Gasteiger partial charge in [-0.05, 0) is 37.6 Å². The molecule has 6 heteroatoms. The van der Waals surface area contributed by atoms with Gasteiger partial charge < -0.3 is 5.32 Å². The fourth-order valence-electron chi connectivity index (χ4n) is 3.15. The number of thioether (sulfide) groups is 1. The van der Waals surface area contributed by atoms with E-state index in [1.54, 1.807) is 0 Å². The lowest BCUT2D eigenvalue weighted by molar-refractivity contribution is -0.113. The molecule has 30 heavy (non-hydrogen) atoms. The molecule has 0 aliphatic rings. The molecule has 3 aromatic carbocycles. The largest absolute Gasteiger partial charge is 0.325 e. The molecule has 1 N–H and O–H groups in total. The number of rotatable bonds is 6. The van der Waals surface area contributed by atoms with E-state index in [9.17, 15) is 4.79 Å². The topological polar surface area (TPSA) is 59.8 Å². The second-order valence-corrected chi connectivity index (χ2v) is 7.93. The van der Waals surface area contributed by atoms with Crippen molar-refractivity contribution in [1.29, 1.82) is 0 Å². The van der Waals surface area contributed by atoms with Crippen molar-refractivity contribution in [2.75, 3.05) is 11.1 Å². The van der Waals surface area contributed by atoms with Crippen molar-refractivity contribution >= 4 is 23.4 Å². The molecule has 4 rings (SSSR count). The first-order valence-corrected chi connectivity index (χ1v) is 10.7. The number of nitrogens with one attached hydrogen (secondary N) is 1. The van der Waals surface area contributed by atoms with Crippen LogP contribution in [0.3, 0.4) is 0 Å². The zero-order valence-electron chi connectivity index (χ0n) is 16.9. The highest BCUT2D eigenvalue weighted by atomic mass is 32.2. The molecule has 0 saturated carbocycles. The van der Waals surface area contributed by atoms with Gasteiger partial charge in [-0.3, -0.25) is 4.79 Å². The Morgan fingerprint density at radius 2 is 1.67 bits per heavy atom. The zero-order chi connectivity index (χ0) is 20.9. The molecule has 0 aliphatic carbocycles. The maximum Gasteiger partial charge on any atom is 0.234 e. The Morgan fingerprint density at radius 1 is 0.967 bits per heavy atom. The molecule has 1 amide bonds.